The molecule has 4 N–H and O–H groups in total. The van der Waals surface area contributed by atoms with Crippen LogP contribution in [0.3, 0.4) is 0 Å². The highest BCUT2D eigenvalue weighted by molar-refractivity contribution is 7.66. The van der Waals surface area contributed by atoms with Crippen LogP contribution in [-0.4, -0.2) is 29.9 Å². The van der Waals surface area contributed by atoms with Crippen molar-refractivity contribution in [3.63, 3.8) is 0 Å². The van der Waals surface area contributed by atoms with Crippen molar-refractivity contribution in [2.45, 2.75) is 0 Å². The molecule has 0 aliphatic rings. The molecule has 0 rings (SSSR count). The Hall–Kier alpha value is -0.490. The molecule has 0 aliphatic heterocycles. The van der Waals surface area contributed by atoms with Gasteiger partial charge in [0.25, 0.3) is 5.91 Å². The molecule has 0 bridgehead atoms. The van der Waals surface area contributed by atoms with Crippen LogP contribution in [0.2, 0.25) is 0 Å². The molecule has 0 spiro atoms. The molecule has 0 atom stereocenters. The zero-order chi connectivity index (χ0) is 10.9. The van der Waals surface area contributed by atoms with Gasteiger partial charge in [-0.2, -0.15) is 0 Å². The predicted octanol–water partition coefficient (Wildman–Crippen LogP) is -0.814. The fourth-order valence-electron chi connectivity index (χ4n) is 0.490. The van der Waals surface area contributed by atoms with Crippen molar-refractivity contribution >= 4 is 21.4 Å². The molecule has 8 nitrogen and oxygen atoms in total. The van der Waals surface area contributed by atoms with E-state index in [9.17, 15) is 13.9 Å². The molecular formula is C3H7NO7P2. The van der Waals surface area contributed by atoms with Gasteiger partial charge in [0.05, 0.1) is 0 Å². The maximum atomic E-state index is 10.6. The molecule has 0 saturated heterocycles. The Labute approximate surface area is 72.9 Å². The van der Waals surface area contributed by atoms with E-state index in [2.05, 4.69) is 6.58 Å². The molecule has 0 aromatic heterocycles. The summed E-state index contributed by atoms with van der Waals surface area (Å²) in [6.45, 7) is 2.83. The fourth-order valence-corrected chi connectivity index (χ4v) is 2.38. The Morgan fingerprint density at radius 2 is 1.46 bits per heavy atom. The molecular weight excluding hydrogens is 224 g/mol. The monoisotopic (exact) mass is 231 g/mol. The van der Waals surface area contributed by atoms with Crippen molar-refractivity contribution in [1.82, 2.24) is 4.44 Å². The second-order valence-corrected chi connectivity index (χ2v) is 5.03. The Bertz CT molecular complexity index is 290. The molecule has 10 heteroatoms. The number of hydrogen-bond donors (Lipinski definition) is 4. The maximum Gasteiger partial charge on any atom is 0.441 e. The number of carbonyl (C=O) groups is 1. The summed E-state index contributed by atoms with van der Waals surface area (Å²) in [4.78, 5) is 44.2. The smallest absolute Gasteiger partial charge is 0.308 e. The predicted molar refractivity (Wildman–Crippen MR) is 41.1 cm³/mol. The molecule has 1 amide bonds. The molecule has 0 fully saturated rings. The first-order chi connectivity index (χ1) is 5.60. The highest BCUT2D eigenvalue weighted by atomic mass is 31.3. The van der Waals surface area contributed by atoms with Gasteiger partial charge < -0.3 is 19.6 Å². The standard InChI is InChI=1S/C3H7NO7P2/c1-2-3(5)4(12(6,7)8)13(9,10)11/h2H,1H2,(H2,6,7,8)(H2,9,10,11). The summed E-state index contributed by atoms with van der Waals surface area (Å²) < 4.78 is 20.0. The van der Waals surface area contributed by atoms with Crippen LogP contribution in [0.15, 0.2) is 12.7 Å². The summed E-state index contributed by atoms with van der Waals surface area (Å²) in [5.74, 6) is -1.54. The van der Waals surface area contributed by atoms with E-state index in [4.69, 9.17) is 19.6 Å². The van der Waals surface area contributed by atoms with Gasteiger partial charge in [-0.05, 0) is 6.08 Å². The average molecular weight is 231 g/mol. The van der Waals surface area contributed by atoms with Crippen molar-refractivity contribution in [2.75, 3.05) is 0 Å². The van der Waals surface area contributed by atoms with E-state index in [0.29, 0.717) is 6.08 Å². The van der Waals surface area contributed by atoms with Crippen molar-refractivity contribution in [3.8, 4) is 0 Å². The quantitative estimate of drug-likeness (QED) is 0.368. The summed E-state index contributed by atoms with van der Waals surface area (Å²) >= 11 is 0. The van der Waals surface area contributed by atoms with Crippen LogP contribution in [0, 0.1) is 0 Å². The number of rotatable bonds is 3. The van der Waals surface area contributed by atoms with Gasteiger partial charge in [0.2, 0.25) is 0 Å². The van der Waals surface area contributed by atoms with E-state index in [0.717, 1.165) is 0 Å². The summed E-state index contributed by atoms with van der Waals surface area (Å²) in [7, 11) is -10.6. The SMILES string of the molecule is C=CC(=O)N(P(=O)(O)O)P(=O)(O)O. The second-order valence-electron chi connectivity index (χ2n) is 1.86. The van der Waals surface area contributed by atoms with E-state index < -0.39 is 25.8 Å². The molecule has 76 valence electrons. The van der Waals surface area contributed by atoms with Gasteiger partial charge in [-0.25, -0.2) is 9.13 Å². The highest BCUT2D eigenvalue weighted by Gasteiger charge is 2.42. The van der Waals surface area contributed by atoms with Crippen molar-refractivity contribution < 1.29 is 33.5 Å². The number of amides is 1. The summed E-state index contributed by atoms with van der Waals surface area (Å²) in [5, 5.41) is 0. The van der Waals surface area contributed by atoms with Crippen LogP contribution in [-0.2, 0) is 13.9 Å². The minimum Gasteiger partial charge on any atom is -0.308 e. The van der Waals surface area contributed by atoms with Crippen LogP contribution in [0.1, 0.15) is 0 Å². The first-order valence-electron chi connectivity index (χ1n) is 2.69. The van der Waals surface area contributed by atoms with E-state index in [1.54, 1.807) is 0 Å². The van der Waals surface area contributed by atoms with Crippen LogP contribution >= 0.6 is 15.5 Å². The third-order valence-electron chi connectivity index (χ3n) is 0.865. The summed E-state index contributed by atoms with van der Waals surface area (Å²) in [6.07, 6.45) is 0.387. The minimum absolute atomic E-state index is 0.387. The third kappa shape index (κ3) is 3.40. The maximum absolute atomic E-state index is 10.6. The molecule has 0 aromatic rings. The van der Waals surface area contributed by atoms with E-state index in [-0.39, 0.29) is 0 Å². The first-order valence-corrected chi connectivity index (χ1v) is 5.82. The van der Waals surface area contributed by atoms with Gasteiger partial charge in [-0.1, -0.05) is 6.58 Å². The zero-order valence-corrected chi connectivity index (χ0v) is 7.93. The number of carbonyl (C=O) groups excluding carboxylic acids is 1. The van der Waals surface area contributed by atoms with Crippen molar-refractivity contribution in [3.05, 3.63) is 12.7 Å². The van der Waals surface area contributed by atoms with Gasteiger partial charge in [-0.3, -0.25) is 4.79 Å². The highest BCUT2D eigenvalue weighted by Crippen LogP contribution is 2.57. The Morgan fingerprint density at radius 3 is 1.54 bits per heavy atom. The third-order valence-corrected chi connectivity index (χ3v) is 3.64. The van der Waals surface area contributed by atoms with Gasteiger partial charge >= 0.3 is 15.5 Å². The van der Waals surface area contributed by atoms with Gasteiger partial charge in [0, 0.05) is 0 Å². The molecule has 13 heavy (non-hydrogen) atoms. The molecule has 0 radical (unpaired) electrons. The second kappa shape index (κ2) is 3.71. The lowest BCUT2D eigenvalue weighted by Crippen LogP contribution is -2.22. The average Bonchev–Trinajstić information content (AvgIpc) is 1.80. The van der Waals surface area contributed by atoms with Crippen LogP contribution in [0.4, 0.5) is 0 Å². The largest absolute Gasteiger partial charge is 0.441 e. The minimum atomic E-state index is -5.32. The Balaban J connectivity index is 5.25. The normalized spacial score (nSPS) is 12.3. The lowest BCUT2D eigenvalue weighted by Gasteiger charge is -2.21. The van der Waals surface area contributed by atoms with Gasteiger partial charge in [0.1, 0.15) is 0 Å². The molecule has 0 heterocycles. The lowest BCUT2D eigenvalue weighted by molar-refractivity contribution is -0.119. The Kier molecular flexibility index (Phi) is 3.57. The number of hydrogen-bond acceptors (Lipinski definition) is 3. The summed E-state index contributed by atoms with van der Waals surface area (Å²) in [5.41, 5.74) is 0. The van der Waals surface area contributed by atoms with Crippen LogP contribution in [0.25, 0.3) is 0 Å². The van der Waals surface area contributed by atoms with E-state index in [1.165, 1.54) is 0 Å². The van der Waals surface area contributed by atoms with E-state index in [1.807, 2.05) is 0 Å². The van der Waals surface area contributed by atoms with Crippen LogP contribution < -0.4 is 0 Å². The van der Waals surface area contributed by atoms with Crippen molar-refractivity contribution in [1.29, 1.82) is 0 Å². The van der Waals surface area contributed by atoms with Gasteiger partial charge in [0.15, 0.2) is 0 Å². The molecule has 0 aliphatic carbocycles. The van der Waals surface area contributed by atoms with Crippen LogP contribution in [0.5, 0.6) is 0 Å². The lowest BCUT2D eigenvalue weighted by atomic mass is 10.6. The molecule has 0 aromatic carbocycles. The van der Waals surface area contributed by atoms with E-state index >= 15 is 0 Å². The fraction of sp³-hybridized carbons (Fsp3) is 0. The first kappa shape index (κ1) is 12.5. The zero-order valence-electron chi connectivity index (χ0n) is 6.14. The topological polar surface area (TPSA) is 135 Å². The molecule has 0 saturated carbocycles. The molecule has 0 unspecified atom stereocenters. The Morgan fingerprint density at radius 1 is 1.15 bits per heavy atom. The number of nitrogens with zero attached hydrogens (tertiary/aromatic N) is 1. The van der Waals surface area contributed by atoms with Crippen molar-refractivity contribution in [2.24, 2.45) is 0 Å². The van der Waals surface area contributed by atoms with Gasteiger partial charge in [-0.15, -0.1) is 4.44 Å². The summed E-state index contributed by atoms with van der Waals surface area (Å²) in [6, 6.07) is 0.